The van der Waals surface area contributed by atoms with Gasteiger partial charge < -0.3 is 14.8 Å². The molecular weight excluding hydrogens is 428 g/mol. The van der Waals surface area contributed by atoms with E-state index in [-0.39, 0.29) is 30.0 Å². The third kappa shape index (κ3) is 3.77. The number of aromatic nitrogens is 2. The van der Waals surface area contributed by atoms with Gasteiger partial charge in [-0.3, -0.25) is 4.79 Å². The van der Waals surface area contributed by atoms with Crippen LogP contribution in [-0.2, 0) is 6.61 Å². The second-order valence-corrected chi connectivity index (χ2v) is 7.99. The summed E-state index contributed by atoms with van der Waals surface area (Å²) in [5, 5.41) is 7.49. The van der Waals surface area contributed by atoms with Crippen LogP contribution in [-0.4, -0.2) is 22.1 Å². The van der Waals surface area contributed by atoms with Crippen LogP contribution in [0.2, 0.25) is 0 Å². The van der Waals surface area contributed by atoms with Gasteiger partial charge in [-0.25, -0.2) is 8.78 Å². The van der Waals surface area contributed by atoms with Gasteiger partial charge in [-0.2, -0.15) is 9.61 Å². The average molecular weight is 449 g/mol. The Balaban J connectivity index is 1.45. The Morgan fingerprint density at radius 1 is 1.15 bits per heavy atom. The van der Waals surface area contributed by atoms with E-state index in [0.717, 1.165) is 16.9 Å². The first kappa shape index (κ1) is 20.9. The van der Waals surface area contributed by atoms with Gasteiger partial charge >= 0.3 is 0 Å². The molecule has 0 fully saturated rings. The summed E-state index contributed by atoms with van der Waals surface area (Å²) in [5.41, 5.74) is 3.02. The van der Waals surface area contributed by atoms with Crippen LogP contribution < -0.4 is 14.8 Å². The third-order valence-electron chi connectivity index (χ3n) is 5.68. The average Bonchev–Trinajstić information content (AvgIpc) is 3.33. The van der Waals surface area contributed by atoms with Gasteiger partial charge in [0.1, 0.15) is 30.6 Å². The van der Waals surface area contributed by atoms with Crippen LogP contribution >= 0.6 is 0 Å². The number of ether oxygens (including phenoxy) is 2. The number of benzene rings is 2. The Labute approximate surface area is 188 Å². The number of amides is 1. The number of hydrogen-bond donors (Lipinski definition) is 1. The lowest BCUT2D eigenvalue weighted by molar-refractivity contribution is 0.0931. The first-order valence-corrected chi connectivity index (χ1v) is 10.5. The third-order valence-corrected chi connectivity index (χ3v) is 5.68. The summed E-state index contributed by atoms with van der Waals surface area (Å²) in [6, 6.07) is 14.5. The fourth-order valence-electron chi connectivity index (χ4n) is 4.07. The van der Waals surface area contributed by atoms with Crippen molar-refractivity contribution in [3.8, 4) is 11.6 Å². The molecule has 1 unspecified atom stereocenters. The van der Waals surface area contributed by atoms with Crippen molar-refractivity contribution in [3.05, 3.63) is 94.2 Å². The lowest BCUT2D eigenvalue weighted by atomic mass is 10.1. The van der Waals surface area contributed by atoms with E-state index >= 15 is 0 Å². The van der Waals surface area contributed by atoms with Crippen LogP contribution in [0.4, 0.5) is 8.78 Å². The smallest absolute Gasteiger partial charge is 0.256 e. The highest BCUT2D eigenvalue weighted by molar-refractivity contribution is 6.02. The molecule has 3 heterocycles. The van der Waals surface area contributed by atoms with E-state index in [1.165, 1.54) is 22.7 Å². The van der Waals surface area contributed by atoms with Gasteiger partial charge in [-0.15, -0.1) is 0 Å². The number of aryl methyl sites for hydroxylation is 2. The number of rotatable bonds is 5. The van der Waals surface area contributed by atoms with Gasteiger partial charge in [-0.05, 0) is 43.7 Å². The normalized spacial score (nSPS) is 14.7. The molecule has 0 saturated heterocycles. The Kier molecular flexibility index (Phi) is 5.20. The lowest BCUT2D eigenvalue weighted by Crippen LogP contribution is -2.29. The molecule has 4 aromatic rings. The van der Waals surface area contributed by atoms with Gasteiger partial charge in [-0.1, -0.05) is 24.3 Å². The van der Waals surface area contributed by atoms with Gasteiger partial charge in [0.25, 0.3) is 5.91 Å². The molecule has 1 aliphatic rings. The summed E-state index contributed by atoms with van der Waals surface area (Å²) in [5.74, 6) is -0.621. The molecule has 0 saturated carbocycles. The van der Waals surface area contributed by atoms with Crippen molar-refractivity contribution in [1.82, 2.24) is 14.9 Å². The van der Waals surface area contributed by atoms with E-state index in [0.29, 0.717) is 23.4 Å². The number of nitrogens with one attached hydrogen (secondary N) is 1. The molecule has 0 spiro atoms. The molecule has 0 radical (unpaired) electrons. The van der Waals surface area contributed by atoms with E-state index in [2.05, 4.69) is 10.4 Å². The molecule has 1 aliphatic heterocycles. The van der Waals surface area contributed by atoms with E-state index < -0.39 is 11.6 Å². The van der Waals surface area contributed by atoms with Crippen molar-refractivity contribution >= 4 is 11.4 Å². The predicted molar refractivity (Wildman–Crippen MR) is 118 cm³/mol. The summed E-state index contributed by atoms with van der Waals surface area (Å²) < 4.78 is 40.9. The van der Waals surface area contributed by atoms with Crippen LogP contribution in [0, 0.1) is 25.5 Å². The largest absolute Gasteiger partial charge is 0.491 e. The minimum absolute atomic E-state index is 0.172. The highest BCUT2D eigenvalue weighted by Crippen LogP contribution is 2.32. The highest BCUT2D eigenvalue weighted by Gasteiger charge is 2.28. The van der Waals surface area contributed by atoms with Crippen molar-refractivity contribution in [1.29, 1.82) is 0 Å². The zero-order valence-electron chi connectivity index (χ0n) is 18.1. The second-order valence-electron chi connectivity index (χ2n) is 7.99. The SMILES string of the molecule is Cc1cc(OCc2c(F)cccc2F)n2nc(C)c(C(=O)NC3COc4ccccc43)c2c1. The fourth-order valence-corrected chi connectivity index (χ4v) is 4.07. The van der Waals surface area contributed by atoms with Crippen molar-refractivity contribution in [2.75, 3.05) is 6.61 Å². The molecular formula is C25H21F2N3O3. The Bertz CT molecular complexity index is 1360. The van der Waals surface area contributed by atoms with Crippen LogP contribution in [0.1, 0.15) is 38.8 Å². The predicted octanol–water partition coefficient (Wildman–Crippen LogP) is 4.67. The summed E-state index contributed by atoms with van der Waals surface area (Å²) in [7, 11) is 0. The molecule has 0 bridgehead atoms. The van der Waals surface area contributed by atoms with Gasteiger partial charge in [0, 0.05) is 11.6 Å². The van der Waals surface area contributed by atoms with E-state index in [9.17, 15) is 13.6 Å². The lowest BCUT2D eigenvalue weighted by Gasteiger charge is -2.13. The monoisotopic (exact) mass is 449 g/mol. The number of hydrogen-bond acceptors (Lipinski definition) is 4. The maximum atomic E-state index is 14.0. The Hall–Kier alpha value is -3.94. The molecule has 168 valence electrons. The topological polar surface area (TPSA) is 64.9 Å². The molecule has 1 amide bonds. The number of pyridine rings is 1. The van der Waals surface area contributed by atoms with Crippen LogP contribution in [0.25, 0.3) is 5.52 Å². The van der Waals surface area contributed by atoms with E-state index in [1.807, 2.05) is 37.3 Å². The molecule has 0 aliphatic carbocycles. The number of carbonyl (C=O) groups excluding carboxylic acids is 1. The summed E-state index contributed by atoms with van der Waals surface area (Å²) in [6.07, 6.45) is 0. The van der Waals surface area contributed by atoms with Crippen LogP contribution in [0.15, 0.2) is 54.6 Å². The van der Waals surface area contributed by atoms with Crippen molar-refractivity contribution in [2.24, 2.45) is 0 Å². The first-order valence-electron chi connectivity index (χ1n) is 10.5. The quantitative estimate of drug-likeness (QED) is 0.481. The molecule has 33 heavy (non-hydrogen) atoms. The number of fused-ring (bicyclic) bond motifs is 2. The number of nitrogens with zero attached hydrogens (tertiary/aromatic N) is 2. The minimum Gasteiger partial charge on any atom is -0.491 e. The maximum absolute atomic E-state index is 14.0. The Morgan fingerprint density at radius 2 is 1.91 bits per heavy atom. The summed E-state index contributed by atoms with van der Waals surface area (Å²) in [6.45, 7) is 3.62. The molecule has 1 N–H and O–H groups in total. The van der Waals surface area contributed by atoms with Crippen molar-refractivity contribution < 1.29 is 23.0 Å². The van der Waals surface area contributed by atoms with Gasteiger partial charge in [0.05, 0.1) is 28.4 Å². The van der Waals surface area contributed by atoms with Crippen LogP contribution in [0.5, 0.6) is 11.6 Å². The zero-order valence-corrected chi connectivity index (χ0v) is 18.1. The number of carbonyl (C=O) groups is 1. The fraction of sp³-hybridized carbons (Fsp3) is 0.200. The molecule has 1 atom stereocenters. The maximum Gasteiger partial charge on any atom is 0.256 e. The van der Waals surface area contributed by atoms with E-state index in [1.54, 1.807) is 13.0 Å². The minimum atomic E-state index is -0.685. The summed E-state index contributed by atoms with van der Waals surface area (Å²) >= 11 is 0. The number of halogens is 2. The van der Waals surface area contributed by atoms with Crippen molar-refractivity contribution in [3.63, 3.8) is 0 Å². The molecule has 6 nitrogen and oxygen atoms in total. The molecule has 2 aromatic heterocycles. The Morgan fingerprint density at radius 3 is 2.70 bits per heavy atom. The van der Waals surface area contributed by atoms with Crippen molar-refractivity contribution in [2.45, 2.75) is 26.5 Å². The molecule has 8 heteroatoms. The van der Waals surface area contributed by atoms with Gasteiger partial charge in [0.15, 0.2) is 0 Å². The van der Waals surface area contributed by atoms with Gasteiger partial charge in [0.2, 0.25) is 5.88 Å². The zero-order chi connectivity index (χ0) is 23.1. The van der Waals surface area contributed by atoms with E-state index in [4.69, 9.17) is 9.47 Å². The van der Waals surface area contributed by atoms with Crippen LogP contribution in [0.3, 0.4) is 0 Å². The molecule has 5 rings (SSSR count). The first-order chi connectivity index (χ1) is 15.9. The molecule has 2 aromatic carbocycles. The second kappa shape index (κ2) is 8.20. The number of para-hydroxylation sites is 1. The standard InChI is InChI=1S/C25H21F2N3O3/c1-14-10-21-24(25(31)28-20-13-32-22-9-4-3-6-16(20)22)15(2)29-30(21)23(11-14)33-12-17-18(26)7-5-8-19(17)27/h3-11,20H,12-13H2,1-2H3,(H,28,31). The summed E-state index contributed by atoms with van der Waals surface area (Å²) in [4.78, 5) is 13.2. The highest BCUT2D eigenvalue weighted by atomic mass is 19.1.